The van der Waals surface area contributed by atoms with Gasteiger partial charge >= 0.3 is 0 Å². The van der Waals surface area contributed by atoms with Crippen LogP contribution in [-0.4, -0.2) is 59.6 Å². The minimum atomic E-state index is -0.171. The second kappa shape index (κ2) is 7.57. The van der Waals surface area contributed by atoms with E-state index in [1.165, 1.54) is 18.2 Å². The van der Waals surface area contributed by atoms with Crippen molar-refractivity contribution in [2.45, 2.75) is 26.2 Å². The Kier molecular flexibility index (Phi) is 5.45. The van der Waals surface area contributed by atoms with E-state index in [-0.39, 0.29) is 17.6 Å². The molecule has 0 saturated carbocycles. The number of nitrogens with zero attached hydrogens (tertiary/aromatic N) is 2. The first kappa shape index (κ1) is 17.3. The number of hydrogen-bond donors (Lipinski definition) is 2. The number of thioether (sulfide) groups is 1. The monoisotopic (exact) mass is 352 g/mol. The molecule has 0 aromatic carbocycles. The standard InChI is InChI=1S/C16H24N4O3S/c1-12-8-13(19-23-12)18-14(21)9-24-10-15(22)20-6-3-16(4-7-20)2-5-17-11-16/h8,17H,2-7,9-11H2,1H3,(H,18,19,21). The Hall–Kier alpha value is -1.54. The largest absolute Gasteiger partial charge is 0.360 e. The van der Waals surface area contributed by atoms with Gasteiger partial charge in [-0.2, -0.15) is 0 Å². The zero-order valence-electron chi connectivity index (χ0n) is 14.0. The van der Waals surface area contributed by atoms with Crippen molar-refractivity contribution in [3.63, 3.8) is 0 Å². The number of nitrogens with one attached hydrogen (secondary N) is 2. The fourth-order valence-electron chi connectivity index (χ4n) is 3.38. The topological polar surface area (TPSA) is 87.5 Å². The normalized spacial score (nSPS) is 19.6. The number of aromatic nitrogens is 1. The zero-order chi connectivity index (χ0) is 17.0. The summed E-state index contributed by atoms with van der Waals surface area (Å²) in [6.07, 6.45) is 3.40. The molecule has 0 bridgehead atoms. The van der Waals surface area contributed by atoms with Gasteiger partial charge in [0.05, 0.1) is 11.5 Å². The summed E-state index contributed by atoms with van der Waals surface area (Å²) in [6.45, 7) is 5.63. The zero-order valence-corrected chi connectivity index (χ0v) is 14.8. The number of carbonyl (C=O) groups is 2. The molecule has 1 spiro atoms. The summed E-state index contributed by atoms with van der Waals surface area (Å²) in [6, 6.07) is 1.66. The summed E-state index contributed by atoms with van der Waals surface area (Å²) in [7, 11) is 0. The van der Waals surface area contributed by atoms with E-state index in [4.69, 9.17) is 4.52 Å². The van der Waals surface area contributed by atoms with E-state index in [0.717, 1.165) is 39.0 Å². The summed E-state index contributed by atoms with van der Waals surface area (Å²) in [5.74, 6) is 1.60. The lowest BCUT2D eigenvalue weighted by Crippen LogP contribution is -2.44. The third-order valence-corrected chi connectivity index (χ3v) is 5.78. The van der Waals surface area contributed by atoms with Crippen LogP contribution in [0.2, 0.25) is 0 Å². The second-order valence-electron chi connectivity index (χ2n) is 6.67. The summed E-state index contributed by atoms with van der Waals surface area (Å²) in [4.78, 5) is 26.0. The van der Waals surface area contributed by atoms with Gasteiger partial charge in [-0.05, 0) is 38.1 Å². The average Bonchev–Trinajstić information content (AvgIpc) is 3.17. The van der Waals surface area contributed by atoms with Gasteiger partial charge in [0.25, 0.3) is 0 Å². The first-order chi connectivity index (χ1) is 11.6. The molecule has 0 aliphatic carbocycles. The van der Waals surface area contributed by atoms with E-state index < -0.39 is 0 Å². The fraction of sp³-hybridized carbons (Fsp3) is 0.688. The van der Waals surface area contributed by atoms with Crippen molar-refractivity contribution < 1.29 is 14.1 Å². The summed E-state index contributed by atoms with van der Waals surface area (Å²) < 4.78 is 4.89. The molecule has 2 aliphatic heterocycles. The molecule has 1 aromatic rings. The molecule has 2 aliphatic rings. The molecule has 1 aromatic heterocycles. The molecule has 132 valence electrons. The third-order valence-electron chi connectivity index (χ3n) is 4.86. The van der Waals surface area contributed by atoms with Crippen LogP contribution in [0.25, 0.3) is 0 Å². The Morgan fingerprint density at radius 1 is 1.38 bits per heavy atom. The Labute approximate surface area is 145 Å². The van der Waals surface area contributed by atoms with Crippen LogP contribution in [0.1, 0.15) is 25.0 Å². The number of rotatable bonds is 5. The number of amides is 2. The number of anilines is 1. The minimum absolute atomic E-state index is 0.130. The Bertz CT molecular complexity index is 588. The number of carbonyl (C=O) groups excluding carboxylic acids is 2. The molecule has 0 unspecified atom stereocenters. The number of likely N-dealkylation sites (tertiary alicyclic amines) is 1. The molecule has 2 fully saturated rings. The van der Waals surface area contributed by atoms with Crippen molar-refractivity contribution in [2.75, 3.05) is 43.0 Å². The molecule has 0 atom stereocenters. The number of aryl methyl sites for hydroxylation is 1. The molecule has 8 heteroatoms. The number of hydrogen-bond acceptors (Lipinski definition) is 6. The highest BCUT2D eigenvalue weighted by molar-refractivity contribution is 8.00. The van der Waals surface area contributed by atoms with Crippen molar-refractivity contribution in [1.29, 1.82) is 0 Å². The van der Waals surface area contributed by atoms with E-state index in [2.05, 4.69) is 15.8 Å². The highest BCUT2D eigenvalue weighted by Gasteiger charge is 2.37. The molecule has 24 heavy (non-hydrogen) atoms. The van der Waals surface area contributed by atoms with Gasteiger partial charge in [0.2, 0.25) is 11.8 Å². The first-order valence-corrected chi connectivity index (χ1v) is 9.51. The van der Waals surface area contributed by atoms with Gasteiger partial charge in [-0.25, -0.2) is 0 Å². The lowest BCUT2D eigenvalue weighted by Gasteiger charge is -2.38. The lowest BCUT2D eigenvalue weighted by atomic mass is 9.78. The van der Waals surface area contributed by atoms with Crippen LogP contribution in [-0.2, 0) is 9.59 Å². The van der Waals surface area contributed by atoms with Crippen molar-refractivity contribution >= 4 is 29.4 Å². The van der Waals surface area contributed by atoms with Crippen LogP contribution in [0.5, 0.6) is 0 Å². The Morgan fingerprint density at radius 2 is 2.17 bits per heavy atom. The highest BCUT2D eigenvalue weighted by atomic mass is 32.2. The van der Waals surface area contributed by atoms with Crippen molar-refractivity contribution in [2.24, 2.45) is 5.41 Å². The van der Waals surface area contributed by atoms with Gasteiger partial charge in [-0.1, -0.05) is 5.16 Å². The van der Waals surface area contributed by atoms with Crippen LogP contribution >= 0.6 is 11.8 Å². The highest BCUT2D eigenvalue weighted by Crippen LogP contribution is 2.36. The van der Waals surface area contributed by atoms with Gasteiger partial charge in [0, 0.05) is 25.7 Å². The predicted molar refractivity (Wildman–Crippen MR) is 92.9 cm³/mol. The summed E-state index contributed by atoms with van der Waals surface area (Å²) in [5, 5.41) is 9.79. The smallest absolute Gasteiger partial charge is 0.235 e. The SMILES string of the molecule is Cc1cc(NC(=O)CSCC(=O)N2CCC3(CCNC3)CC2)no1. The van der Waals surface area contributed by atoms with Gasteiger partial charge in [-0.3, -0.25) is 9.59 Å². The van der Waals surface area contributed by atoms with Crippen molar-refractivity contribution in [3.8, 4) is 0 Å². The fourth-order valence-corrected chi connectivity index (χ4v) is 4.10. The van der Waals surface area contributed by atoms with Crippen LogP contribution < -0.4 is 10.6 Å². The molecule has 2 N–H and O–H groups in total. The predicted octanol–water partition coefficient (Wildman–Crippen LogP) is 1.26. The molecular formula is C16H24N4O3S. The van der Waals surface area contributed by atoms with Crippen LogP contribution in [0.4, 0.5) is 5.82 Å². The molecule has 2 saturated heterocycles. The molecule has 3 heterocycles. The maximum Gasteiger partial charge on any atom is 0.235 e. The minimum Gasteiger partial charge on any atom is -0.360 e. The Morgan fingerprint density at radius 3 is 2.79 bits per heavy atom. The van der Waals surface area contributed by atoms with E-state index >= 15 is 0 Å². The molecule has 0 radical (unpaired) electrons. The maximum atomic E-state index is 12.3. The molecule has 7 nitrogen and oxygen atoms in total. The van der Waals surface area contributed by atoms with E-state index in [1.807, 2.05) is 4.90 Å². The van der Waals surface area contributed by atoms with Crippen LogP contribution in [0, 0.1) is 12.3 Å². The van der Waals surface area contributed by atoms with E-state index in [1.54, 1.807) is 13.0 Å². The van der Waals surface area contributed by atoms with Crippen LogP contribution in [0.3, 0.4) is 0 Å². The van der Waals surface area contributed by atoms with Gasteiger partial charge in [0.15, 0.2) is 5.82 Å². The maximum absolute atomic E-state index is 12.3. The summed E-state index contributed by atoms with van der Waals surface area (Å²) >= 11 is 1.34. The van der Waals surface area contributed by atoms with E-state index in [9.17, 15) is 9.59 Å². The Balaban J connectivity index is 1.34. The molecular weight excluding hydrogens is 328 g/mol. The molecule has 3 rings (SSSR count). The van der Waals surface area contributed by atoms with E-state index in [0.29, 0.717) is 22.7 Å². The van der Waals surface area contributed by atoms with Crippen molar-refractivity contribution in [3.05, 3.63) is 11.8 Å². The lowest BCUT2D eigenvalue weighted by molar-refractivity contribution is -0.130. The first-order valence-electron chi connectivity index (χ1n) is 8.36. The van der Waals surface area contributed by atoms with Crippen molar-refractivity contribution in [1.82, 2.24) is 15.4 Å². The van der Waals surface area contributed by atoms with Crippen LogP contribution in [0.15, 0.2) is 10.6 Å². The third kappa shape index (κ3) is 4.30. The second-order valence-corrected chi connectivity index (χ2v) is 7.66. The van der Waals surface area contributed by atoms with Gasteiger partial charge in [-0.15, -0.1) is 11.8 Å². The number of piperidine rings is 1. The molecule has 2 amide bonds. The quantitative estimate of drug-likeness (QED) is 0.829. The van der Waals surface area contributed by atoms with Gasteiger partial charge < -0.3 is 20.1 Å². The van der Waals surface area contributed by atoms with Gasteiger partial charge in [0.1, 0.15) is 5.76 Å². The summed E-state index contributed by atoms with van der Waals surface area (Å²) in [5.41, 5.74) is 0.416. The average molecular weight is 352 g/mol.